The van der Waals surface area contributed by atoms with Gasteiger partial charge in [-0.3, -0.25) is 9.78 Å². The molecule has 0 bridgehead atoms. The van der Waals surface area contributed by atoms with Crippen LogP contribution in [0.25, 0.3) is 10.9 Å². The van der Waals surface area contributed by atoms with Gasteiger partial charge in [0.05, 0.1) is 12.6 Å². The Hall–Kier alpha value is -3.60. The summed E-state index contributed by atoms with van der Waals surface area (Å²) in [6.45, 7) is 0.150. The van der Waals surface area contributed by atoms with E-state index in [4.69, 9.17) is 9.47 Å². The Balaban J connectivity index is 1.42. The fraction of sp³-hybridized carbons (Fsp3) is 0.0909. The van der Waals surface area contributed by atoms with Crippen LogP contribution in [-0.4, -0.2) is 15.9 Å². The predicted molar refractivity (Wildman–Crippen MR) is 103 cm³/mol. The largest absolute Gasteiger partial charge is 0.460 e. The number of hydrogen-bond acceptors (Lipinski definition) is 4. The van der Waals surface area contributed by atoms with Crippen molar-refractivity contribution in [2.24, 2.45) is 0 Å². The Labute approximate surface area is 156 Å². The van der Waals surface area contributed by atoms with Gasteiger partial charge in [-0.2, -0.15) is 0 Å². The van der Waals surface area contributed by atoms with Crippen LogP contribution in [0, 0.1) is 0 Å². The van der Waals surface area contributed by atoms with E-state index in [1.54, 1.807) is 18.5 Å². The number of benzene rings is 2. The molecule has 1 N–H and O–H groups in total. The summed E-state index contributed by atoms with van der Waals surface area (Å²) in [6.07, 6.45) is 5.39. The highest BCUT2D eigenvalue weighted by atomic mass is 16.5. The first-order valence-corrected chi connectivity index (χ1v) is 8.66. The van der Waals surface area contributed by atoms with E-state index >= 15 is 0 Å². The van der Waals surface area contributed by atoms with Gasteiger partial charge < -0.3 is 14.5 Å². The van der Waals surface area contributed by atoms with Crippen LogP contribution in [0.5, 0.6) is 11.5 Å². The average molecular weight is 358 g/mol. The lowest BCUT2D eigenvalue weighted by molar-refractivity contribution is -0.144. The van der Waals surface area contributed by atoms with E-state index in [9.17, 15) is 4.79 Å². The van der Waals surface area contributed by atoms with Crippen molar-refractivity contribution in [3.63, 3.8) is 0 Å². The lowest BCUT2D eigenvalue weighted by Crippen LogP contribution is -2.08. The van der Waals surface area contributed by atoms with E-state index in [1.807, 2.05) is 60.8 Å². The van der Waals surface area contributed by atoms with Crippen LogP contribution >= 0.6 is 0 Å². The van der Waals surface area contributed by atoms with Crippen LogP contribution in [0.2, 0.25) is 0 Å². The van der Waals surface area contributed by atoms with E-state index in [-0.39, 0.29) is 19.0 Å². The average Bonchev–Trinajstić information content (AvgIpc) is 3.11. The summed E-state index contributed by atoms with van der Waals surface area (Å²) in [5, 5.41) is 1.04. The molecule has 0 atom stereocenters. The fourth-order valence-electron chi connectivity index (χ4n) is 2.90. The van der Waals surface area contributed by atoms with Gasteiger partial charge >= 0.3 is 5.97 Å². The quantitative estimate of drug-likeness (QED) is 0.510. The number of H-pyrrole nitrogens is 1. The number of fused-ring (bicyclic) bond motifs is 1. The number of nitrogens with zero attached hydrogens (tertiary/aromatic N) is 1. The zero-order valence-corrected chi connectivity index (χ0v) is 14.6. The Morgan fingerprint density at radius 2 is 1.81 bits per heavy atom. The Morgan fingerprint density at radius 3 is 2.70 bits per heavy atom. The first kappa shape index (κ1) is 16.8. The highest BCUT2D eigenvalue weighted by Gasteiger charge is 2.12. The van der Waals surface area contributed by atoms with Crippen molar-refractivity contribution in [3.8, 4) is 11.5 Å². The summed E-state index contributed by atoms with van der Waals surface area (Å²) in [6, 6.07) is 19.0. The normalized spacial score (nSPS) is 10.7. The van der Waals surface area contributed by atoms with Crippen LogP contribution < -0.4 is 4.74 Å². The Kier molecular flexibility index (Phi) is 4.83. The number of carbonyl (C=O) groups is 1. The molecule has 0 amide bonds. The molecule has 2 aromatic carbocycles. The summed E-state index contributed by atoms with van der Waals surface area (Å²) >= 11 is 0. The second-order valence-electron chi connectivity index (χ2n) is 6.10. The van der Waals surface area contributed by atoms with E-state index < -0.39 is 0 Å². The van der Waals surface area contributed by atoms with Crippen LogP contribution in [0.1, 0.15) is 11.1 Å². The van der Waals surface area contributed by atoms with Crippen molar-refractivity contribution in [3.05, 3.63) is 90.4 Å². The van der Waals surface area contributed by atoms with Gasteiger partial charge in [-0.25, -0.2) is 0 Å². The van der Waals surface area contributed by atoms with Gasteiger partial charge in [0.15, 0.2) is 0 Å². The number of carbonyl (C=O) groups excluding carboxylic acids is 1. The molecule has 0 saturated carbocycles. The molecule has 5 heteroatoms. The fourth-order valence-corrected chi connectivity index (χ4v) is 2.90. The SMILES string of the molecule is O=C(Cc1c[nH]c2ccccc12)OCc1ccccc1Oc1cccnc1. The zero-order valence-electron chi connectivity index (χ0n) is 14.6. The van der Waals surface area contributed by atoms with Gasteiger partial charge in [0.2, 0.25) is 0 Å². The van der Waals surface area contributed by atoms with Crippen molar-refractivity contribution < 1.29 is 14.3 Å². The topological polar surface area (TPSA) is 64.2 Å². The minimum absolute atomic E-state index is 0.150. The second-order valence-corrected chi connectivity index (χ2v) is 6.10. The molecule has 2 heterocycles. The molecule has 0 unspecified atom stereocenters. The zero-order chi connectivity index (χ0) is 18.5. The minimum atomic E-state index is -0.282. The molecule has 0 fully saturated rings. The smallest absolute Gasteiger partial charge is 0.310 e. The van der Waals surface area contributed by atoms with Crippen LogP contribution in [0.3, 0.4) is 0 Å². The van der Waals surface area contributed by atoms with Gasteiger partial charge in [0.1, 0.15) is 18.1 Å². The van der Waals surface area contributed by atoms with Gasteiger partial charge in [-0.1, -0.05) is 36.4 Å². The molecule has 0 saturated heterocycles. The van der Waals surface area contributed by atoms with Crippen molar-refractivity contribution in [1.29, 1.82) is 0 Å². The van der Waals surface area contributed by atoms with Crippen molar-refractivity contribution in [2.45, 2.75) is 13.0 Å². The van der Waals surface area contributed by atoms with Gasteiger partial charge in [0, 0.05) is 28.9 Å². The summed E-state index contributed by atoms with van der Waals surface area (Å²) in [4.78, 5) is 19.5. The van der Waals surface area contributed by atoms with Crippen molar-refractivity contribution >= 4 is 16.9 Å². The van der Waals surface area contributed by atoms with Crippen LogP contribution in [0.15, 0.2) is 79.3 Å². The van der Waals surface area contributed by atoms with Crippen LogP contribution in [0.4, 0.5) is 0 Å². The first-order chi connectivity index (χ1) is 13.3. The molecule has 4 rings (SSSR count). The number of nitrogens with one attached hydrogen (secondary N) is 1. The number of aromatic nitrogens is 2. The summed E-state index contributed by atoms with van der Waals surface area (Å²) in [5.74, 6) is 0.997. The minimum Gasteiger partial charge on any atom is -0.460 e. The molecule has 27 heavy (non-hydrogen) atoms. The highest BCUT2D eigenvalue weighted by Crippen LogP contribution is 2.25. The molecule has 4 aromatic rings. The van der Waals surface area contributed by atoms with E-state index in [2.05, 4.69) is 9.97 Å². The molecule has 0 spiro atoms. The lowest BCUT2D eigenvalue weighted by atomic mass is 10.1. The number of aromatic amines is 1. The molecule has 0 radical (unpaired) electrons. The van der Waals surface area contributed by atoms with E-state index in [0.717, 1.165) is 22.0 Å². The molecule has 0 aliphatic carbocycles. The van der Waals surface area contributed by atoms with Gasteiger partial charge in [-0.15, -0.1) is 0 Å². The Bertz CT molecular complexity index is 1060. The summed E-state index contributed by atoms with van der Waals surface area (Å²) in [5.41, 5.74) is 2.74. The molecular formula is C22H18N2O3. The molecule has 0 aliphatic rings. The monoisotopic (exact) mass is 358 g/mol. The Morgan fingerprint density at radius 1 is 0.963 bits per heavy atom. The molecule has 5 nitrogen and oxygen atoms in total. The standard InChI is InChI=1S/C22H18N2O3/c25-22(12-17-13-24-20-9-3-2-8-19(17)20)26-15-16-6-1-4-10-21(16)27-18-7-5-11-23-14-18/h1-11,13-14,24H,12,15H2. The third-order valence-electron chi connectivity index (χ3n) is 4.23. The lowest BCUT2D eigenvalue weighted by Gasteiger charge is -2.11. The van der Waals surface area contributed by atoms with E-state index in [0.29, 0.717) is 11.5 Å². The van der Waals surface area contributed by atoms with Gasteiger partial charge in [0.25, 0.3) is 0 Å². The first-order valence-electron chi connectivity index (χ1n) is 8.66. The van der Waals surface area contributed by atoms with E-state index in [1.165, 1.54) is 0 Å². The highest BCUT2D eigenvalue weighted by molar-refractivity contribution is 5.87. The molecule has 0 aliphatic heterocycles. The third-order valence-corrected chi connectivity index (χ3v) is 4.23. The number of rotatable bonds is 6. The van der Waals surface area contributed by atoms with Crippen molar-refractivity contribution in [2.75, 3.05) is 0 Å². The maximum Gasteiger partial charge on any atom is 0.310 e. The number of ether oxygens (including phenoxy) is 2. The third kappa shape index (κ3) is 3.98. The van der Waals surface area contributed by atoms with Crippen molar-refractivity contribution in [1.82, 2.24) is 9.97 Å². The number of para-hydroxylation sites is 2. The molecule has 134 valence electrons. The number of hydrogen-bond donors (Lipinski definition) is 1. The number of esters is 1. The molecule has 2 aromatic heterocycles. The van der Waals surface area contributed by atoms with Gasteiger partial charge in [-0.05, 0) is 29.8 Å². The maximum atomic E-state index is 12.3. The second kappa shape index (κ2) is 7.74. The van der Waals surface area contributed by atoms with Crippen LogP contribution in [-0.2, 0) is 22.6 Å². The predicted octanol–water partition coefficient (Wildman–Crippen LogP) is 4.64. The summed E-state index contributed by atoms with van der Waals surface area (Å²) < 4.78 is 11.3. The maximum absolute atomic E-state index is 12.3. The number of pyridine rings is 1. The summed E-state index contributed by atoms with van der Waals surface area (Å²) in [7, 11) is 0. The molecular weight excluding hydrogens is 340 g/mol.